The van der Waals surface area contributed by atoms with Gasteiger partial charge >= 0.3 is 6.09 Å². The molecule has 1 heterocycles. The first-order valence-electron chi connectivity index (χ1n) is 13.1. The van der Waals surface area contributed by atoms with Crippen LogP contribution in [0.2, 0.25) is 0 Å². The maximum absolute atomic E-state index is 13.9. The van der Waals surface area contributed by atoms with Crippen LogP contribution in [0.5, 0.6) is 0 Å². The lowest BCUT2D eigenvalue weighted by molar-refractivity contribution is 0.0999. The van der Waals surface area contributed by atoms with Crippen molar-refractivity contribution < 1.29 is 23.1 Å². The van der Waals surface area contributed by atoms with Gasteiger partial charge < -0.3 is 10.0 Å². The number of nitrogens with zero attached hydrogens (tertiary/aromatic N) is 2. The van der Waals surface area contributed by atoms with Crippen LogP contribution in [0.4, 0.5) is 16.2 Å². The second-order valence-corrected chi connectivity index (χ2v) is 11.8. The minimum absolute atomic E-state index is 0.108. The number of carbonyl (C=O) groups excluding carboxylic acids is 1. The zero-order valence-electron chi connectivity index (χ0n) is 22.3. The molecule has 0 saturated carbocycles. The molecule has 206 valence electrons. The van der Waals surface area contributed by atoms with Crippen molar-refractivity contribution in [2.45, 2.75) is 31.2 Å². The van der Waals surface area contributed by atoms with E-state index >= 15 is 0 Å². The van der Waals surface area contributed by atoms with E-state index in [4.69, 9.17) is 0 Å². The Morgan fingerprint density at radius 2 is 1.52 bits per heavy atom. The molecule has 9 heteroatoms. The largest absolute Gasteiger partial charge is 0.465 e. The van der Waals surface area contributed by atoms with Crippen molar-refractivity contribution in [1.29, 1.82) is 0 Å². The lowest BCUT2D eigenvalue weighted by atomic mass is 9.95. The quantitative estimate of drug-likeness (QED) is 0.312. The molecule has 2 N–H and O–H groups in total. The molecule has 8 nitrogen and oxygen atoms in total. The number of hydrogen-bond acceptors (Lipinski definition) is 4. The van der Waals surface area contributed by atoms with E-state index in [1.807, 2.05) is 68.4 Å². The Bertz CT molecular complexity index is 1670. The van der Waals surface area contributed by atoms with Crippen molar-refractivity contribution in [2.24, 2.45) is 5.92 Å². The monoisotopic (exact) mass is 557 g/mol. The van der Waals surface area contributed by atoms with Crippen molar-refractivity contribution in [3.63, 3.8) is 0 Å². The van der Waals surface area contributed by atoms with Crippen LogP contribution in [0.1, 0.15) is 29.3 Å². The summed E-state index contributed by atoms with van der Waals surface area (Å²) in [4.78, 5) is 28.4. The number of piperidine rings is 1. The lowest BCUT2D eigenvalue weighted by Crippen LogP contribution is -2.51. The highest BCUT2D eigenvalue weighted by molar-refractivity contribution is 7.89. The Morgan fingerprint density at radius 3 is 2.20 bits per heavy atom. The molecule has 2 atom stereocenters. The summed E-state index contributed by atoms with van der Waals surface area (Å²) in [5, 5.41) is 10.4. The van der Waals surface area contributed by atoms with Gasteiger partial charge in [0.1, 0.15) is 0 Å². The van der Waals surface area contributed by atoms with E-state index in [0.29, 0.717) is 34.1 Å². The summed E-state index contributed by atoms with van der Waals surface area (Å²) >= 11 is 0. The van der Waals surface area contributed by atoms with Crippen LogP contribution in [0.15, 0.2) is 95.9 Å². The molecule has 0 radical (unpaired) electrons. The zero-order chi connectivity index (χ0) is 28.4. The highest BCUT2D eigenvalue weighted by atomic mass is 32.2. The van der Waals surface area contributed by atoms with Crippen LogP contribution >= 0.6 is 0 Å². The van der Waals surface area contributed by atoms with Crippen LogP contribution in [0, 0.1) is 12.8 Å². The molecule has 1 fully saturated rings. The number of rotatable bonds is 6. The highest BCUT2D eigenvalue weighted by Crippen LogP contribution is 2.38. The number of fused-ring (bicyclic) bond motifs is 1. The summed E-state index contributed by atoms with van der Waals surface area (Å²) < 4.78 is 30.3. The van der Waals surface area contributed by atoms with Crippen molar-refractivity contribution in [2.75, 3.05) is 18.0 Å². The predicted octanol–water partition coefficient (Wildman–Crippen LogP) is 5.79. The smallest absolute Gasteiger partial charge is 0.407 e. The van der Waals surface area contributed by atoms with Gasteiger partial charge in [0.15, 0.2) is 0 Å². The molecule has 40 heavy (non-hydrogen) atoms. The second-order valence-electron chi connectivity index (χ2n) is 10.1. The van der Waals surface area contributed by atoms with Crippen molar-refractivity contribution in [3.05, 3.63) is 102 Å². The fourth-order valence-electron chi connectivity index (χ4n) is 5.31. The number of anilines is 2. The molecule has 1 aliphatic heterocycles. The third-order valence-corrected chi connectivity index (χ3v) is 9.00. The van der Waals surface area contributed by atoms with Gasteiger partial charge in [-0.3, -0.25) is 9.69 Å². The molecule has 1 aliphatic rings. The number of para-hydroxylation sites is 1. The van der Waals surface area contributed by atoms with Gasteiger partial charge in [-0.2, -0.15) is 0 Å². The van der Waals surface area contributed by atoms with E-state index in [2.05, 4.69) is 4.72 Å². The minimum Gasteiger partial charge on any atom is -0.465 e. The number of likely N-dealkylation sites (tertiary alicyclic amines) is 1. The predicted molar refractivity (Wildman–Crippen MR) is 156 cm³/mol. The van der Waals surface area contributed by atoms with Crippen molar-refractivity contribution in [1.82, 2.24) is 9.62 Å². The lowest BCUT2D eigenvalue weighted by Gasteiger charge is -2.35. The number of amides is 2. The minimum atomic E-state index is -3.96. The molecule has 0 aliphatic carbocycles. The standard InChI is InChI=1S/C31H31N3O5S/c1-21-10-6-9-15-27(21)34(30(35)23-11-4-3-5-12-23)28-16-17-29(25-14-8-7-13-24(25)28)40(38,39)32-26-18-19-33(31(36)37)20-22(26)2/h3-17,22,26,32H,18-20H2,1-2H3,(H,36,37). The molecule has 1 saturated heterocycles. The van der Waals surface area contributed by atoms with Crippen LogP contribution in [0.3, 0.4) is 0 Å². The molecule has 2 amide bonds. The molecule has 5 rings (SSSR count). The first-order chi connectivity index (χ1) is 19.2. The maximum atomic E-state index is 13.9. The molecular formula is C31H31N3O5S. The van der Waals surface area contributed by atoms with Crippen molar-refractivity contribution >= 4 is 44.2 Å². The average Bonchev–Trinajstić information content (AvgIpc) is 2.95. The van der Waals surface area contributed by atoms with Crippen molar-refractivity contribution in [3.8, 4) is 0 Å². The van der Waals surface area contributed by atoms with E-state index in [1.54, 1.807) is 41.3 Å². The van der Waals surface area contributed by atoms with E-state index in [-0.39, 0.29) is 29.8 Å². The van der Waals surface area contributed by atoms with E-state index in [1.165, 1.54) is 4.90 Å². The summed E-state index contributed by atoms with van der Waals surface area (Å²) in [5.74, 6) is -0.419. The Balaban J connectivity index is 1.59. The number of nitrogens with one attached hydrogen (secondary N) is 1. The van der Waals surface area contributed by atoms with Gasteiger partial charge in [-0.1, -0.05) is 67.6 Å². The maximum Gasteiger partial charge on any atom is 0.407 e. The fourth-order valence-corrected chi connectivity index (χ4v) is 6.91. The van der Waals surface area contributed by atoms with Crippen LogP contribution < -0.4 is 9.62 Å². The Kier molecular flexibility index (Phi) is 7.60. The molecule has 2 unspecified atom stereocenters. The summed E-state index contributed by atoms with van der Waals surface area (Å²) in [6.45, 7) is 4.30. The van der Waals surface area contributed by atoms with E-state index in [9.17, 15) is 23.1 Å². The summed E-state index contributed by atoms with van der Waals surface area (Å²) in [6, 6.07) is 26.6. The van der Waals surface area contributed by atoms with E-state index in [0.717, 1.165) is 5.56 Å². The Labute approximate surface area is 233 Å². The number of aryl methyl sites for hydroxylation is 1. The van der Waals surface area contributed by atoms with E-state index < -0.39 is 22.2 Å². The van der Waals surface area contributed by atoms with Gasteiger partial charge in [0, 0.05) is 35.5 Å². The number of carbonyl (C=O) groups is 2. The summed E-state index contributed by atoms with van der Waals surface area (Å²) in [7, 11) is -3.96. The van der Waals surface area contributed by atoms with Gasteiger partial charge in [0.05, 0.1) is 16.3 Å². The summed E-state index contributed by atoms with van der Waals surface area (Å²) in [6.07, 6.45) is -0.618. The average molecular weight is 558 g/mol. The van der Waals surface area contributed by atoms with Crippen LogP contribution in [-0.2, 0) is 10.0 Å². The molecule has 4 aromatic carbocycles. The third-order valence-electron chi connectivity index (χ3n) is 7.45. The van der Waals surface area contributed by atoms with Crippen LogP contribution in [0.25, 0.3) is 10.8 Å². The first-order valence-corrected chi connectivity index (χ1v) is 14.6. The Hall–Kier alpha value is -4.21. The molecule has 4 aromatic rings. The molecular weight excluding hydrogens is 526 g/mol. The second kappa shape index (κ2) is 11.1. The van der Waals surface area contributed by atoms with Crippen LogP contribution in [-0.4, -0.2) is 49.6 Å². The van der Waals surface area contributed by atoms with Gasteiger partial charge in [0.25, 0.3) is 5.91 Å². The number of benzene rings is 4. The van der Waals surface area contributed by atoms with Gasteiger partial charge in [-0.15, -0.1) is 0 Å². The number of sulfonamides is 1. The number of hydrogen-bond donors (Lipinski definition) is 2. The fraction of sp³-hybridized carbons (Fsp3) is 0.226. The number of carboxylic acid groups (broad SMARTS) is 1. The first kappa shape index (κ1) is 27.4. The summed E-state index contributed by atoms with van der Waals surface area (Å²) in [5.41, 5.74) is 2.68. The Morgan fingerprint density at radius 1 is 0.875 bits per heavy atom. The zero-order valence-corrected chi connectivity index (χ0v) is 23.1. The molecule has 0 spiro atoms. The van der Waals surface area contributed by atoms with Gasteiger partial charge in [0.2, 0.25) is 10.0 Å². The molecule has 0 aromatic heterocycles. The topological polar surface area (TPSA) is 107 Å². The van der Waals surface area contributed by atoms with Gasteiger partial charge in [-0.05, 0) is 55.2 Å². The van der Waals surface area contributed by atoms with Gasteiger partial charge in [-0.25, -0.2) is 17.9 Å². The SMILES string of the molecule is Cc1ccccc1N(C(=O)c1ccccc1)c1ccc(S(=O)(=O)NC2CCN(C(=O)O)CC2C)c2ccccc12. The molecule has 0 bridgehead atoms. The highest BCUT2D eigenvalue weighted by Gasteiger charge is 2.33. The normalized spacial score (nSPS) is 17.5. The third kappa shape index (κ3) is 5.30.